The molecule has 0 spiro atoms. The number of thioether (sulfide) groups is 1. The van der Waals surface area contributed by atoms with Crippen LogP contribution in [0.4, 0.5) is 5.82 Å². The van der Waals surface area contributed by atoms with E-state index in [2.05, 4.69) is 10.3 Å². The van der Waals surface area contributed by atoms with Gasteiger partial charge in [0.15, 0.2) is 5.16 Å². The maximum absolute atomic E-state index is 12.5. The molecule has 1 atom stereocenters. The molecule has 1 aromatic carbocycles. The van der Waals surface area contributed by atoms with E-state index in [0.29, 0.717) is 32.1 Å². The molecule has 1 unspecified atom stereocenters. The number of aromatic nitrogens is 2. The molecular formula is C15H13Cl2N3O2S. The first kappa shape index (κ1) is 16.4. The Bertz CT molecular complexity index is 867. The molecule has 0 aliphatic carbocycles. The van der Waals surface area contributed by atoms with Crippen molar-refractivity contribution in [3.05, 3.63) is 49.7 Å². The highest BCUT2D eigenvalue weighted by molar-refractivity contribution is 7.98. The third-order valence-corrected chi connectivity index (χ3v) is 5.11. The normalized spacial score (nSPS) is 16.9. The van der Waals surface area contributed by atoms with Crippen LogP contribution in [0.25, 0.3) is 0 Å². The molecule has 1 aliphatic rings. The van der Waals surface area contributed by atoms with Gasteiger partial charge in [-0.2, -0.15) is 4.98 Å². The molecule has 1 amide bonds. The van der Waals surface area contributed by atoms with E-state index in [1.807, 2.05) is 6.26 Å². The van der Waals surface area contributed by atoms with Crippen LogP contribution in [0.5, 0.6) is 0 Å². The lowest BCUT2D eigenvalue weighted by molar-refractivity contribution is -0.116. The molecule has 2 heterocycles. The first-order valence-electron chi connectivity index (χ1n) is 6.82. The fraction of sp³-hybridized carbons (Fsp3) is 0.267. The van der Waals surface area contributed by atoms with Gasteiger partial charge in [0.05, 0.1) is 5.56 Å². The van der Waals surface area contributed by atoms with E-state index in [1.54, 1.807) is 29.8 Å². The Kier molecular flexibility index (Phi) is 4.40. The zero-order valence-corrected chi connectivity index (χ0v) is 14.7. The summed E-state index contributed by atoms with van der Waals surface area (Å²) in [6, 6.07) is 5.06. The van der Waals surface area contributed by atoms with Gasteiger partial charge in [0.2, 0.25) is 5.91 Å². The number of nitrogens with zero attached hydrogens (tertiary/aromatic N) is 2. The van der Waals surface area contributed by atoms with Gasteiger partial charge in [0, 0.05) is 29.4 Å². The summed E-state index contributed by atoms with van der Waals surface area (Å²) >= 11 is 13.6. The topological polar surface area (TPSA) is 64.0 Å². The molecule has 8 heteroatoms. The molecule has 0 saturated carbocycles. The summed E-state index contributed by atoms with van der Waals surface area (Å²) < 4.78 is 1.72. The summed E-state index contributed by atoms with van der Waals surface area (Å²) in [4.78, 5) is 28.7. The lowest BCUT2D eigenvalue weighted by Gasteiger charge is -2.27. The summed E-state index contributed by atoms with van der Waals surface area (Å²) in [7, 11) is 1.77. The first-order chi connectivity index (χ1) is 10.9. The molecule has 3 rings (SSSR count). The smallest absolute Gasteiger partial charge is 0.279 e. The lowest BCUT2D eigenvalue weighted by atomic mass is 9.86. The molecule has 0 fully saturated rings. The minimum atomic E-state index is -0.439. The predicted molar refractivity (Wildman–Crippen MR) is 92.8 cm³/mol. The second-order valence-electron chi connectivity index (χ2n) is 5.20. The SMILES string of the molecule is CSc1nc(=O)c2c(n1C)NC(=O)CC2c1ccc(Cl)cc1Cl. The monoisotopic (exact) mass is 369 g/mol. The van der Waals surface area contributed by atoms with Gasteiger partial charge >= 0.3 is 0 Å². The van der Waals surface area contributed by atoms with Gasteiger partial charge in [-0.05, 0) is 24.0 Å². The first-order valence-corrected chi connectivity index (χ1v) is 8.80. The van der Waals surface area contributed by atoms with Crippen LogP contribution in [0.1, 0.15) is 23.5 Å². The van der Waals surface area contributed by atoms with Crippen molar-refractivity contribution in [2.45, 2.75) is 17.5 Å². The maximum atomic E-state index is 12.5. The second kappa shape index (κ2) is 6.19. The van der Waals surface area contributed by atoms with Crippen molar-refractivity contribution in [2.24, 2.45) is 7.05 Å². The molecule has 23 heavy (non-hydrogen) atoms. The highest BCUT2D eigenvalue weighted by Gasteiger charge is 2.33. The van der Waals surface area contributed by atoms with Crippen molar-refractivity contribution in [1.82, 2.24) is 9.55 Å². The van der Waals surface area contributed by atoms with Gasteiger partial charge in [0.25, 0.3) is 5.56 Å². The number of hydrogen-bond donors (Lipinski definition) is 1. The number of nitrogens with one attached hydrogen (secondary N) is 1. The molecule has 120 valence electrons. The summed E-state index contributed by atoms with van der Waals surface area (Å²) in [5.41, 5.74) is 0.801. The van der Waals surface area contributed by atoms with E-state index in [1.165, 1.54) is 11.8 Å². The zero-order chi connectivity index (χ0) is 16.7. The highest BCUT2D eigenvalue weighted by Crippen LogP contribution is 2.39. The fourth-order valence-electron chi connectivity index (χ4n) is 2.77. The number of rotatable bonds is 2. The zero-order valence-electron chi connectivity index (χ0n) is 12.4. The van der Waals surface area contributed by atoms with Crippen LogP contribution in [-0.4, -0.2) is 21.7 Å². The van der Waals surface area contributed by atoms with Crippen LogP contribution in [-0.2, 0) is 11.8 Å². The van der Waals surface area contributed by atoms with E-state index in [4.69, 9.17) is 23.2 Å². The van der Waals surface area contributed by atoms with Crippen molar-refractivity contribution < 1.29 is 4.79 Å². The molecule has 1 aliphatic heterocycles. The molecule has 2 aromatic rings. The Morgan fingerprint density at radius 3 is 2.74 bits per heavy atom. The van der Waals surface area contributed by atoms with Crippen molar-refractivity contribution in [3.63, 3.8) is 0 Å². The molecule has 1 N–H and O–H groups in total. The number of halogens is 2. The number of anilines is 1. The highest BCUT2D eigenvalue weighted by atomic mass is 35.5. The number of fused-ring (bicyclic) bond motifs is 1. The van der Waals surface area contributed by atoms with Gasteiger partial charge in [-0.25, -0.2) is 0 Å². The summed E-state index contributed by atoms with van der Waals surface area (Å²) in [5, 5.41) is 4.25. The Morgan fingerprint density at radius 2 is 2.09 bits per heavy atom. The van der Waals surface area contributed by atoms with Crippen molar-refractivity contribution >= 4 is 46.7 Å². The number of carbonyl (C=O) groups excluding carboxylic acids is 1. The summed E-state index contributed by atoms with van der Waals surface area (Å²) in [5.74, 6) is -0.131. The van der Waals surface area contributed by atoms with E-state index >= 15 is 0 Å². The molecule has 0 bridgehead atoms. The largest absolute Gasteiger partial charge is 0.312 e. The fourth-order valence-corrected chi connectivity index (χ4v) is 3.85. The molecular weight excluding hydrogens is 357 g/mol. The van der Waals surface area contributed by atoms with Gasteiger partial charge in [-0.3, -0.25) is 9.59 Å². The lowest BCUT2D eigenvalue weighted by Crippen LogP contribution is -2.33. The Morgan fingerprint density at radius 1 is 1.35 bits per heavy atom. The Balaban J connectivity index is 2.25. The van der Waals surface area contributed by atoms with E-state index in [9.17, 15) is 9.59 Å². The van der Waals surface area contributed by atoms with Crippen molar-refractivity contribution in [1.29, 1.82) is 0 Å². The van der Waals surface area contributed by atoms with E-state index in [-0.39, 0.29) is 17.9 Å². The van der Waals surface area contributed by atoms with Gasteiger partial charge < -0.3 is 9.88 Å². The van der Waals surface area contributed by atoms with Crippen LogP contribution in [0.3, 0.4) is 0 Å². The van der Waals surface area contributed by atoms with Gasteiger partial charge in [0.1, 0.15) is 5.82 Å². The third-order valence-electron chi connectivity index (χ3n) is 3.82. The molecule has 1 aromatic heterocycles. The van der Waals surface area contributed by atoms with Gasteiger partial charge in [-0.1, -0.05) is 41.0 Å². The standard InChI is InChI=1S/C15H13Cl2N3O2S/c1-20-13-12(14(22)19-15(20)23-2)9(6-11(21)18-13)8-4-3-7(16)5-10(8)17/h3-5,9H,6H2,1-2H3,(H,18,21). The summed E-state index contributed by atoms with van der Waals surface area (Å²) in [6.07, 6.45) is 1.97. The number of hydrogen-bond acceptors (Lipinski definition) is 4. The van der Waals surface area contributed by atoms with Crippen molar-refractivity contribution in [2.75, 3.05) is 11.6 Å². The Hall–Kier alpha value is -1.50. The van der Waals surface area contributed by atoms with Crippen LogP contribution in [0.15, 0.2) is 28.2 Å². The van der Waals surface area contributed by atoms with Gasteiger partial charge in [-0.15, -0.1) is 0 Å². The van der Waals surface area contributed by atoms with E-state index < -0.39 is 5.92 Å². The minimum absolute atomic E-state index is 0.143. The predicted octanol–water partition coefficient (Wildman–Crippen LogP) is 3.28. The average molecular weight is 370 g/mol. The molecule has 5 nitrogen and oxygen atoms in total. The quantitative estimate of drug-likeness (QED) is 0.651. The third kappa shape index (κ3) is 2.86. The summed E-state index contributed by atoms with van der Waals surface area (Å²) in [6.45, 7) is 0. The number of carbonyl (C=O) groups is 1. The maximum Gasteiger partial charge on any atom is 0.279 e. The minimum Gasteiger partial charge on any atom is -0.312 e. The van der Waals surface area contributed by atoms with Crippen LogP contribution >= 0.6 is 35.0 Å². The average Bonchev–Trinajstić information content (AvgIpc) is 2.50. The molecule has 0 saturated heterocycles. The Labute approximate surface area is 147 Å². The van der Waals surface area contributed by atoms with Crippen molar-refractivity contribution in [3.8, 4) is 0 Å². The molecule has 0 radical (unpaired) electrons. The second-order valence-corrected chi connectivity index (χ2v) is 6.81. The van der Waals surface area contributed by atoms with E-state index in [0.717, 1.165) is 0 Å². The number of benzene rings is 1. The van der Waals surface area contributed by atoms with Crippen LogP contribution < -0.4 is 10.9 Å². The number of amides is 1. The van der Waals surface area contributed by atoms with Crippen LogP contribution in [0, 0.1) is 0 Å². The van der Waals surface area contributed by atoms with Crippen LogP contribution in [0.2, 0.25) is 10.0 Å².